The summed E-state index contributed by atoms with van der Waals surface area (Å²) in [5, 5.41) is 2.46. The van der Waals surface area contributed by atoms with Crippen molar-refractivity contribution >= 4 is 28.4 Å². The van der Waals surface area contributed by atoms with Gasteiger partial charge in [-0.15, -0.1) is 0 Å². The number of hydrogen-bond donors (Lipinski definition) is 0. The van der Waals surface area contributed by atoms with Crippen molar-refractivity contribution in [3.05, 3.63) is 78.1 Å². The van der Waals surface area contributed by atoms with E-state index in [1.807, 2.05) is 53.1 Å². The second-order valence-corrected chi connectivity index (χ2v) is 7.54. The Kier molecular flexibility index (Phi) is 4.70. The van der Waals surface area contributed by atoms with E-state index in [1.165, 1.54) is 5.56 Å². The summed E-state index contributed by atoms with van der Waals surface area (Å²) >= 11 is 1.94. The van der Waals surface area contributed by atoms with Crippen molar-refractivity contribution in [3.8, 4) is 0 Å². The van der Waals surface area contributed by atoms with Gasteiger partial charge in [-0.05, 0) is 23.4 Å². The topological polar surface area (TPSA) is 33.2 Å². The van der Waals surface area contributed by atoms with Crippen LogP contribution in [0.1, 0.15) is 27.7 Å². The van der Waals surface area contributed by atoms with E-state index in [4.69, 9.17) is 0 Å². The normalized spacial score (nSPS) is 18.1. The van der Waals surface area contributed by atoms with Crippen LogP contribution < -0.4 is 0 Å². The number of carbonyl (C=O) groups excluding carboxylic acids is 1. The molecule has 1 unspecified atom stereocenters. The molecule has 2 aromatic carbocycles. The Morgan fingerprint density at radius 3 is 2.68 bits per heavy atom. The van der Waals surface area contributed by atoms with Crippen molar-refractivity contribution < 1.29 is 4.79 Å². The number of nitrogens with zero attached hydrogens (tertiary/aromatic N) is 2. The minimum atomic E-state index is 0.0473. The Morgan fingerprint density at radius 1 is 1.00 bits per heavy atom. The molecule has 3 nitrogen and oxygen atoms in total. The molecule has 0 aliphatic carbocycles. The van der Waals surface area contributed by atoms with Gasteiger partial charge in [0.25, 0.3) is 5.91 Å². The molecular weight excluding hydrogens is 328 g/mol. The Balaban J connectivity index is 1.55. The van der Waals surface area contributed by atoms with Crippen LogP contribution in [-0.2, 0) is 0 Å². The largest absolute Gasteiger partial charge is 0.336 e. The molecule has 1 aliphatic heterocycles. The summed E-state index contributed by atoms with van der Waals surface area (Å²) in [5.41, 5.74) is 1.92. The SMILES string of the molecule is O=C(c1nccc2ccccc12)N1CCSC(c2ccccc2)CC1. The second-order valence-electron chi connectivity index (χ2n) is 6.23. The van der Waals surface area contributed by atoms with Crippen molar-refractivity contribution in [3.63, 3.8) is 0 Å². The first-order valence-corrected chi connectivity index (χ1v) is 9.67. The first kappa shape index (κ1) is 16.2. The Hall–Kier alpha value is -2.33. The maximum Gasteiger partial charge on any atom is 0.273 e. The van der Waals surface area contributed by atoms with Crippen LogP contribution in [-0.4, -0.2) is 34.6 Å². The summed E-state index contributed by atoms with van der Waals surface area (Å²) < 4.78 is 0. The van der Waals surface area contributed by atoms with E-state index in [2.05, 4.69) is 29.2 Å². The molecule has 4 rings (SSSR count). The highest BCUT2D eigenvalue weighted by molar-refractivity contribution is 7.99. The molecule has 1 saturated heterocycles. The maximum absolute atomic E-state index is 13.1. The van der Waals surface area contributed by atoms with Gasteiger partial charge in [0.1, 0.15) is 5.69 Å². The average molecular weight is 348 g/mol. The van der Waals surface area contributed by atoms with Crippen molar-refractivity contribution in [2.45, 2.75) is 11.7 Å². The van der Waals surface area contributed by atoms with E-state index in [9.17, 15) is 4.79 Å². The number of hydrogen-bond acceptors (Lipinski definition) is 3. The molecule has 0 saturated carbocycles. The van der Waals surface area contributed by atoms with E-state index >= 15 is 0 Å². The standard InChI is InChI=1S/C21H20N2OS/c24-21(20-18-9-5-4-6-16(18)10-12-22-20)23-13-11-19(25-15-14-23)17-7-2-1-3-8-17/h1-10,12,19H,11,13-15H2. The van der Waals surface area contributed by atoms with Crippen LogP contribution in [0.2, 0.25) is 0 Å². The fourth-order valence-corrected chi connectivity index (χ4v) is 4.58. The molecule has 0 N–H and O–H groups in total. The molecule has 0 radical (unpaired) electrons. The van der Waals surface area contributed by atoms with Crippen molar-refractivity contribution in [1.82, 2.24) is 9.88 Å². The number of aromatic nitrogens is 1. The van der Waals surface area contributed by atoms with Gasteiger partial charge in [-0.1, -0.05) is 54.6 Å². The Labute approximate surface area is 152 Å². The highest BCUT2D eigenvalue weighted by Gasteiger charge is 2.24. The van der Waals surface area contributed by atoms with E-state index in [-0.39, 0.29) is 5.91 Å². The predicted octanol–water partition coefficient (Wildman–Crippen LogP) is 4.56. The summed E-state index contributed by atoms with van der Waals surface area (Å²) in [7, 11) is 0. The van der Waals surface area contributed by atoms with Crippen LogP contribution in [0.4, 0.5) is 0 Å². The molecule has 1 aliphatic rings. The van der Waals surface area contributed by atoms with Gasteiger partial charge >= 0.3 is 0 Å². The van der Waals surface area contributed by atoms with E-state index in [1.54, 1.807) is 6.20 Å². The van der Waals surface area contributed by atoms with Crippen LogP contribution in [0.25, 0.3) is 10.8 Å². The third-order valence-electron chi connectivity index (χ3n) is 4.68. The van der Waals surface area contributed by atoms with Crippen LogP contribution in [0, 0.1) is 0 Å². The lowest BCUT2D eigenvalue weighted by Gasteiger charge is -2.20. The molecule has 126 valence electrons. The molecule has 3 aromatic rings. The number of fused-ring (bicyclic) bond motifs is 1. The number of benzene rings is 2. The summed E-state index contributed by atoms with van der Waals surface area (Å²) in [6.07, 6.45) is 2.71. The van der Waals surface area contributed by atoms with Gasteiger partial charge in [-0.25, -0.2) is 0 Å². The van der Waals surface area contributed by atoms with Gasteiger partial charge in [0.2, 0.25) is 0 Å². The van der Waals surface area contributed by atoms with Gasteiger partial charge in [-0.3, -0.25) is 9.78 Å². The second kappa shape index (κ2) is 7.28. The number of rotatable bonds is 2. The molecule has 4 heteroatoms. The zero-order chi connectivity index (χ0) is 17.1. The zero-order valence-electron chi connectivity index (χ0n) is 14.0. The van der Waals surface area contributed by atoms with E-state index < -0.39 is 0 Å². The minimum absolute atomic E-state index is 0.0473. The lowest BCUT2D eigenvalue weighted by Crippen LogP contribution is -2.33. The molecule has 2 heterocycles. The van der Waals surface area contributed by atoms with Gasteiger partial charge in [0.05, 0.1) is 0 Å². The smallest absolute Gasteiger partial charge is 0.273 e. The third-order valence-corrected chi connectivity index (χ3v) is 6.00. The Morgan fingerprint density at radius 2 is 1.80 bits per heavy atom. The molecule has 1 aromatic heterocycles. The lowest BCUT2D eigenvalue weighted by atomic mass is 10.1. The lowest BCUT2D eigenvalue weighted by molar-refractivity contribution is 0.0763. The molecule has 1 fully saturated rings. The zero-order valence-corrected chi connectivity index (χ0v) is 14.8. The van der Waals surface area contributed by atoms with E-state index in [0.29, 0.717) is 10.9 Å². The quantitative estimate of drug-likeness (QED) is 0.681. The first-order chi connectivity index (χ1) is 12.3. The third kappa shape index (κ3) is 3.40. The number of carbonyl (C=O) groups is 1. The van der Waals surface area contributed by atoms with Crippen molar-refractivity contribution in [2.24, 2.45) is 0 Å². The van der Waals surface area contributed by atoms with Crippen molar-refractivity contribution in [2.75, 3.05) is 18.8 Å². The van der Waals surface area contributed by atoms with Crippen LogP contribution >= 0.6 is 11.8 Å². The Bertz CT molecular complexity index is 876. The maximum atomic E-state index is 13.1. The molecule has 0 spiro atoms. The molecule has 25 heavy (non-hydrogen) atoms. The monoisotopic (exact) mass is 348 g/mol. The minimum Gasteiger partial charge on any atom is -0.336 e. The average Bonchev–Trinajstić information content (AvgIpc) is 2.94. The molecule has 1 amide bonds. The van der Waals surface area contributed by atoms with E-state index in [0.717, 1.165) is 36.0 Å². The molecule has 0 bridgehead atoms. The first-order valence-electron chi connectivity index (χ1n) is 8.62. The number of pyridine rings is 1. The van der Waals surface area contributed by atoms with Gasteiger partial charge in [-0.2, -0.15) is 11.8 Å². The van der Waals surface area contributed by atoms with Crippen molar-refractivity contribution in [1.29, 1.82) is 0 Å². The van der Waals surface area contributed by atoms with Gasteiger partial charge in [0, 0.05) is 35.7 Å². The van der Waals surface area contributed by atoms with Crippen LogP contribution in [0.5, 0.6) is 0 Å². The molecule has 1 atom stereocenters. The predicted molar refractivity (Wildman–Crippen MR) is 104 cm³/mol. The highest BCUT2D eigenvalue weighted by atomic mass is 32.2. The fraction of sp³-hybridized carbons (Fsp3) is 0.238. The van der Waals surface area contributed by atoms with Gasteiger partial charge in [0.15, 0.2) is 0 Å². The van der Waals surface area contributed by atoms with Gasteiger partial charge < -0.3 is 4.90 Å². The fourth-order valence-electron chi connectivity index (χ4n) is 3.35. The summed E-state index contributed by atoms with van der Waals surface area (Å²) in [4.78, 5) is 19.4. The van der Waals surface area contributed by atoms with Crippen LogP contribution in [0.15, 0.2) is 66.9 Å². The number of thioether (sulfide) groups is 1. The highest BCUT2D eigenvalue weighted by Crippen LogP contribution is 2.34. The van der Waals surface area contributed by atoms with Crippen LogP contribution in [0.3, 0.4) is 0 Å². The molecular formula is C21H20N2OS. The number of amides is 1. The summed E-state index contributed by atoms with van der Waals surface area (Å²) in [6.45, 7) is 1.55. The summed E-state index contributed by atoms with van der Waals surface area (Å²) in [5.74, 6) is 1.00. The summed E-state index contributed by atoms with van der Waals surface area (Å²) in [6, 6.07) is 20.5.